The van der Waals surface area contributed by atoms with Crippen molar-refractivity contribution in [3.63, 3.8) is 0 Å². The van der Waals surface area contributed by atoms with E-state index < -0.39 is 0 Å². The van der Waals surface area contributed by atoms with Crippen molar-refractivity contribution in [1.82, 2.24) is 19.5 Å². The molecule has 70 heavy (non-hydrogen) atoms. The van der Waals surface area contributed by atoms with Gasteiger partial charge in [-0.3, -0.25) is 0 Å². The summed E-state index contributed by atoms with van der Waals surface area (Å²) in [5.41, 5.74) is 13.0. The van der Waals surface area contributed by atoms with Gasteiger partial charge in [0.05, 0.1) is 16.7 Å². The van der Waals surface area contributed by atoms with E-state index in [1.807, 2.05) is 18.2 Å². The molecular weight excluding hydrogens is 849 g/mol. The van der Waals surface area contributed by atoms with Gasteiger partial charge in [-0.15, -0.1) is 0 Å². The molecule has 14 aromatic rings. The standard InChI is InChI=1S/C66H40N4/c1-2-18-42(19-3-1)64-67-65(45-33-34-47-44(38-45)31-30-40-16-4-7-21-46(40)47)69-66(68-64)55-36-37-58(52-26-12-10-24-50(52)55)70-57-29-15-14-28-56(57)61-59(70)39-43-20-6-9-23-49(43)62(61)63-53-27-13-11-25-51(53)54-35-32-41-17-5-8-22-48(41)60(54)63/h1-39,63H. The van der Waals surface area contributed by atoms with Crippen molar-refractivity contribution in [3.8, 4) is 51.0 Å². The Morgan fingerprint density at radius 3 is 1.69 bits per heavy atom. The Morgan fingerprint density at radius 1 is 0.300 bits per heavy atom. The maximum absolute atomic E-state index is 5.33. The van der Waals surface area contributed by atoms with E-state index in [-0.39, 0.29) is 5.92 Å². The molecule has 0 bridgehead atoms. The van der Waals surface area contributed by atoms with Crippen molar-refractivity contribution in [2.24, 2.45) is 0 Å². The Bertz CT molecular complexity index is 4490. The van der Waals surface area contributed by atoms with Crippen LogP contribution in [0.25, 0.3) is 127 Å². The molecule has 2 aromatic heterocycles. The van der Waals surface area contributed by atoms with Gasteiger partial charge in [0.15, 0.2) is 17.5 Å². The average molecular weight is 889 g/mol. The van der Waals surface area contributed by atoms with Crippen LogP contribution in [0, 0.1) is 0 Å². The summed E-state index contributed by atoms with van der Waals surface area (Å²) < 4.78 is 2.50. The fourth-order valence-electron chi connectivity index (χ4n) is 11.8. The maximum Gasteiger partial charge on any atom is 0.164 e. The van der Waals surface area contributed by atoms with Gasteiger partial charge in [0.2, 0.25) is 0 Å². The second kappa shape index (κ2) is 15.1. The SMILES string of the molecule is c1ccc(-c2nc(-c3ccc4c(ccc5ccccc54)c3)nc(-c3ccc(-n4c5ccccc5c5c(C6c7ccccc7-c7ccc8ccccc8c76)c6ccccc6cc54)c4ccccc34)n2)cc1. The molecule has 0 spiro atoms. The number of fused-ring (bicyclic) bond motifs is 13. The Labute approximate surface area is 403 Å². The zero-order chi connectivity index (χ0) is 45.9. The molecule has 0 radical (unpaired) electrons. The minimum absolute atomic E-state index is 0.0167. The summed E-state index contributed by atoms with van der Waals surface area (Å²) >= 11 is 0. The number of benzene rings is 12. The third-order valence-electron chi connectivity index (χ3n) is 14.9. The molecule has 0 N–H and O–H groups in total. The van der Waals surface area contributed by atoms with Crippen molar-refractivity contribution >= 4 is 75.7 Å². The minimum Gasteiger partial charge on any atom is -0.309 e. The van der Waals surface area contributed by atoms with Crippen LogP contribution in [0.15, 0.2) is 237 Å². The van der Waals surface area contributed by atoms with Gasteiger partial charge in [0, 0.05) is 38.8 Å². The van der Waals surface area contributed by atoms with E-state index in [4.69, 9.17) is 15.0 Å². The monoisotopic (exact) mass is 888 g/mol. The Balaban J connectivity index is 0.974. The molecule has 0 saturated carbocycles. The highest BCUT2D eigenvalue weighted by Crippen LogP contribution is 2.55. The third kappa shape index (κ3) is 5.74. The molecule has 1 unspecified atom stereocenters. The summed E-state index contributed by atoms with van der Waals surface area (Å²) in [5, 5.41) is 14.6. The fourth-order valence-corrected chi connectivity index (χ4v) is 11.8. The van der Waals surface area contributed by atoms with E-state index in [9.17, 15) is 0 Å². The highest BCUT2D eigenvalue weighted by Gasteiger charge is 2.35. The van der Waals surface area contributed by atoms with E-state index in [0.29, 0.717) is 17.5 Å². The van der Waals surface area contributed by atoms with Gasteiger partial charge >= 0.3 is 0 Å². The summed E-state index contributed by atoms with van der Waals surface area (Å²) in [5.74, 6) is 1.92. The van der Waals surface area contributed by atoms with Crippen LogP contribution >= 0.6 is 0 Å². The molecule has 2 heterocycles. The lowest BCUT2D eigenvalue weighted by molar-refractivity contribution is 1.05. The maximum atomic E-state index is 5.33. The highest BCUT2D eigenvalue weighted by atomic mass is 15.0. The van der Waals surface area contributed by atoms with Gasteiger partial charge in [-0.05, 0) is 107 Å². The van der Waals surface area contributed by atoms with Crippen LogP contribution in [-0.4, -0.2) is 19.5 Å². The average Bonchev–Trinajstić information content (AvgIpc) is 3.94. The zero-order valence-electron chi connectivity index (χ0n) is 37.9. The van der Waals surface area contributed by atoms with Gasteiger partial charge < -0.3 is 4.57 Å². The van der Waals surface area contributed by atoms with Crippen LogP contribution in [0.2, 0.25) is 0 Å². The first-order valence-electron chi connectivity index (χ1n) is 24.1. The molecule has 0 amide bonds. The summed E-state index contributed by atoms with van der Waals surface area (Å²) in [4.78, 5) is 15.8. The molecule has 1 aliphatic rings. The topological polar surface area (TPSA) is 43.6 Å². The van der Waals surface area contributed by atoms with Gasteiger partial charge in [-0.2, -0.15) is 0 Å². The first-order chi connectivity index (χ1) is 34.7. The number of hydrogen-bond acceptors (Lipinski definition) is 3. The molecule has 0 fully saturated rings. The van der Waals surface area contributed by atoms with Crippen LogP contribution in [-0.2, 0) is 0 Å². The van der Waals surface area contributed by atoms with Crippen molar-refractivity contribution in [1.29, 1.82) is 0 Å². The number of rotatable bonds is 5. The van der Waals surface area contributed by atoms with Gasteiger partial charge in [0.25, 0.3) is 0 Å². The largest absolute Gasteiger partial charge is 0.309 e. The predicted octanol–water partition coefficient (Wildman–Crippen LogP) is 16.9. The summed E-state index contributed by atoms with van der Waals surface area (Å²) in [7, 11) is 0. The molecular formula is C66H40N4. The van der Waals surface area contributed by atoms with Gasteiger partial charge in [-0.25, -0.2) is 15.0 Å². The van der Waals surface area contributed by atoms with E-state index in [0.717, 1.165) is 44.1 Å². The molecule has 1 aliphatic carbocycles. The van der Waals surface area contributed by atoms with Crippen molar-refractivity contribution in [3.05, 3.63) is 253 Å². The lowest BCUT2D eigenvalue weighted by Gasteiger charge is -2.21. The van der Waals surface area contributed by atoms with Crippen molar-refractivity contribution < 1.29 is 0 Å². The Hall–Kier alpha value is -9.25. The smallest absolute Gasteiger partial charge is 0.164 e. The van der Waals surface area contributed by atoms with Crippen LogP contribution in [0.1, 0.15) is 22.6 Å². The first-order valence-corrected chi connectivity index (χ1v) is 24.1. The summed E-state index contributed by atoms with van der Waals surface area (Å²) in [6.45, 7) is 0. The molecule has 4 nitrogen and oxygen atoms in total. The second-order valence-electron chi connectivity index (χ2n) is 18.6. The number of nitrogens with zero attached hydrogens (tertiary/aromatic N) is 4. The van der Waals surface area contributed by atoms with Crippen LogP contribution in [0.4, 0.5) is 0 Å². The Morgan fingerprint density at radius 2 is 0.857 bits per heavy atom. The summed E-state index contributed by atoms with van der Waals surface area (Å²) in [6, 6.07) is 86.0. The fraction of sp³-hybridized carbons (Fsp3) is 0.0152. The minimum atomic E-state index is 0.0167. The molecule has 324 valence electrons. The molecule has 15 rings (SSSR count). The third-order valence-corrected chi connectivity index (χ3v) is 14.9. The molecule has 4 heteroatoms. The molecule has 12 aromatic carbocycles. The van der Waals surface area contributed by atoms with Crippen molar-refractivity contribution in [2.45, 2.75) is 5.92 Å². The Kier molecular flexibility index (Phi) is 8.39. The second-order valence-corrected chi connectivity index (χ2v) is 18.6. The van der Waals surface area contributed by atoms with Gasteiger partial charge in [0.1, 0.15) is 0 Å². The lowest BCUT2D eigenvalue weighted by atomic mass is 9.82. The van der Waals surface area contributed by atoms with Crippen molar-refractivity contribution in [2.75, 3.05) is 0 Å². The summed E-state index contributed by atoms with van der Waals surface area (Å²) in [6.07, 6.45) is 0. The normalized spacial score (nSPS) is 13.3. The van der Waals surface area contributed by atoms with Crippen LogP contribution < -0.4 is 0 Å². The van der Waals surface area contributed by atoms with E-state index in [1.165, 1.54) is 81.8 Å². The number of para-hydroxylation sites is 1. The number of aromatic nitrogens is 4. The van der Waals surface area contributed by atoms with Crippen LogP contribution in [0.5, 0.6) is 0 Å². The highest BCUT2D eigenvalue weighted by molar-refractivity contribution is 6.19. The van der Waals surface area contributed by atoms with E-state index >= 15 is 0 Å². The molecule has 0 aliphatic heterocycles. The molecule has 1 atom stereocenters. The molecule has 0 saturated heterocycles. The number of hydrogen-bond donors (Lipinski definition) is 0. The van der Waals surface area contributed by atoms with Crippen LogP contribution in [0.3, 0.4) is 0 Å². The quantitative estimate of drug-likeness (QED) is 0.162. The predicted molar refractivity (Wildman–Crippen MR) is 291 cm³/mol. The first kappa shape index (κ1) is 38.8. The van der Waals surface area contributed by atoms with E-state index in [2.05, 4.69) is 223 Å². The van der Waals surface area contributed by atoms with Gasteiger partial charge in [-0.1, -0.05) is 206 Å². The lowest BCUT2D eigenvalue weighted by Crippen LogP contribution is -2.03. The van der Waals surface area contributed by atoms with E-state index in [1.54, 1.807) is 0 Å². The zero-order valence-corrected chi connectivity index (χ0v) is 37.9.